The summed E-state index contributed by atoms with van der Waals surface area (Å²) in [5.41, 5.74) is 6.62. The molecular formula is C20H31NO. The minimum Gasteiger partial charge on any atom is -0.495 e. The van der Waals surface area contributed by atoms with Crippen molar-refractivity contribution in [2.75, 3.05) is 0 Å². The average molecular weight is 301 g/mol. The zero-order valence-electron chi connectivity index (χ0n) is 15.4. The summed E-state index contributed by atoms with van der Waals surface area (Å²) in [6.45, 7) is 17.8. The standard InChI is InChI=1S/C20H31NO/c1-11(2)17-9-13(5)22-16(8)14(6)19-15(7)21-10-18(12(3)4)20(17)19/h10-13,17H,9H2,1-8H3/b16-14-/t13-,17?/m1/s1. The molecule has 2 heteroatoms. The number of hydrogen-bond donors (Lipinski definition) is 0. The second-order valence-electron chi connectivity index (χ2n) is 7.44. The van der Waals surface area contributed by atoms with Gasteiger partial charge in [-0.3, -0.25) is 4.98 Å². The fourth-order valence-corrected chi connectivity index (χ4v) is 3.67. The van der Waals surface area contributed by atoms with E-state index >= 15 is 0 Å². The first-order chi connectivity index (χ1) is 10.2. The normalized spacial score (nSPS) is 25.7. The van der Waals surface area contributed by atoms with Crippen molar-refractivity contribution in [3.63, 3.8) is 0 Å². The molecule has 22 heavy (non-hydrogen) atoms. The minimum absolute atomic E-state index is 0.254. The van der Waals surface area contributed by atoms with E-state index in [9.17, 15) is 0 Å². The molecule has 2 atom stereocenters. The number of fused-ring (bicyclic) bond motifs is 1. The Labute approximate surface area is 136 Å². The van der Waals surface area contributed by atoms with Crippen LogP contribution in [0.15, 0.2) is 12.0 Å². The summed E-state index contributed by atoms with van der Waals surface area (Å²) in [7, 11) is 0. The molecule has 2 heterocycles. The second-order valence-corrected chi connectivity index (χ2v) is 7.44. The lowest BCUT2D eigenvalue weighted by Gasteiger charge is -2.34. The molecule has 0 N–H and O–H groups in total. The Morgan fingerprint density at radius 3 is 2.32 bits per heavy atom. The van der Waals surface area contributed by atoms with Crippen LogP contribution in [0.25, 0.3) is 5.57 Å². The maximum Gasteiger partial charge on any atom is 0.0968 e. The number of hydrogen-bond acceptors (Lipinski definition) is 2. The average Bonchev–Trinajstić information content (AvgIpc) is 2.41. The predicted molar refractivity (Wildman–Crippen MR) is 94.1 cm³/mol. The first-order valence-corrected chi connectivity index (χ1v) is 8.57. The number of aryl methyl sites for hydroxylation is 1. The summed E-state index contributed by atoms with van der Waals surface area (Å²) in [6, 6.07) is 0. The molecule has 2 nitrogen and oxygen atoms in total. The monoisotopic (exact) mass is 301 g/mol. The molecule has 1 unspecified atom stereocenters. The maximum atomic E-state index is 6.15. The van der Waals surface area contributed by atoms with Crippen LogP contribution in [-0.4, -0.2) is 11.1 Å². The largest absolute Gasteiger partial charge is 0.495 e. The van der Waals surface area contributed by atoms with Crippen molar-refractivity contribution in [1.82, 2.24) is 4.98 Å². The Balaban J connectivity index is 2.82. The van der Waals surface area contributed by atoms with Crippen LogP contribution in [0.2, 0.25) is 0 Å². The molecule has 0 radical (unpaired) electrons. The SMILES string of the molecule is C/C1=C(\C)c2c(C)ncc(C(C)C)c2C(C(C)C)C[C@@H](C)O1. The van der Waals surface area contributed by atoms with Gasteiger partial charge in [0, 0.05) is 17.5 Å². The van der Waals surface area contributed by atoms with Crippen LogP contribution in [0.3, 0.4) is 0 Å². The number of nitrogens with zero attached hydrogens (tertiary/aromatic N) is 1. The third kappa shape index (κ3) is 3.06. The van der Waals surface area contributed by atoms with Crippen molar-refractivity contribution >= 4 is 5.57 Å². The van der Waals surface area contributed by atoms with Gasteiger partial charge >= 0.3 is 0 Å². The Bertz CT molecular complexity index is 584. The topological polar surface area (TPSA) is 22.1 Å². The van der Waals surface area contributed by atoms with Gasteiger partial charge in [0.1, 0.15) is 0 Å². The molecule has 0 aliphatic carbocycles. The van der Waals surface area contributed by atoms with Crippen molar-refractivity contribution < 1.29 is 4.74 Å². The lowest BCUT2D eigenvalue weighted by atomic mass is 9.76. The van der Waals surface area contributed by atoms with Crippen molar-refractivity contribution in [1.29, 1.82) is 0 Å². The first kappa shape index (κ1) is 17.1. The summed E-state index contributed by atoms with van der Waals surface area (Å²) in [6.07, 6.45) is 3.42. The maximum absolute atomic E-state index is 6.15. The first-order valence-electron chi connectivity index (χ1n) is 8.57. The van der Waals surface area contributed by atoms with Gasteiger partial charge in [0.2, 0.25) is 0 Å². The lowest BCUT2D eigenvalue weighted by molar-refractivity contribution is 0.112. The van der Waals surface area contributed by atoms with E-state index in [0.29, 0.717) is 17.8 Å². The molecule has 122 valence electrons. The number of ether oxygens (including phenoxy) is 1. The number of pyridine rings is 1. The zero-order valence-corrected chi connectivity index (χ0v) is 15.4. The van der Waals surface area contributed by atoms with Gasteiger partial charge in [-0.25, -0.2) is 0 Å². The van der Waals surface area contributed by atoms with Gasteiger partial charge in [-0.1, -0.05) is 27.7 Å². The van der Waals surface area contributed by atoms with Crippen molar-refractivity contribution in [2.45, 2.75) is 79.8 Å². The molecule has 0 amide bonds. The summed E-state index contributed by atoms with van der Waals surface area (Å²) in [5.74, 6) is 2.65. The van der Waals surface area contributed by atoms with Crippen molar-refractivity contribution in [3.8, 4) is 0 Å². The van der Waals surface area contributed by atoms with Gasteiger partial charge in [-0.15, -0.1) is 0 Å². The number of aromatic nitrogens is 1. The second kappa shape index (κ2) is 6.44. The highest BCUT2D eigenvalue weighted by Gasteiger charge is 2.30. The molecule has 0 spiro atoms. The van der Waals surface area contributed by atoms with E-state index in [1.54, 1.807) is 0 Å². The highest BCUT2D eigenvalue weighted by molar-refractivity contribution is 5.72. The highest BCUT2D eigenvalue weighted by atomic mass is 16.5. The molecule has 1 aromatic rings. The van der Waals surface area contributed by atoms with Crippen LogP contribution in [-0.2, 0) is 4.74 Å². The lowest BCUT2D eigenvalue weighted by Crippen LogP contribution is -2.23. The molecule has 1 aliphatic heterocycles. The summed E-state index contributed by atoms with van der Waals surface area (Å²) >= 11 is 0. The van der Waals surface area contributed by atoms with Crippen LogP contribution < -0.4 is 0 Å². The summed E-state index contributed by atoms with van der Waals surface area (Å²) in [4.78, 5) is 4.69. The van der Waals surface area contributed by atoms with Gasteiger partial charge in [-0.05, 0) is 68.6 Å². The van der Waals surface area contributed by atoms with E-state index in [2.05, 4.69) is 61.6 Å². The summed E-state index contributed by atoms with van der Waals surface area (Å²) < 4.78 is 6.15. The number of allylic oxidation sites excluding steroid dienone is 2. The van der Waals surface area contributed by atoms with E-state index < -0.39 is 0 Å². The van der Waals surface area contributed by atoms with Crippen LogP contribution >= 0.6 is 0 Å². The van der Waals surface area contributed by atoms with Crippen molar-refractivity contribution in [2.24, 2.45) is 5.92 Å². The smallest absolute Gasteiger partial charge is 0.0968 e. The van der Waals surface area contributed by atoms with E-state index in [1.807, 2.05) is 0 Å². The van der Waals surface area contributed by atoms with E-state index in [0.717, 1.165) is 17.9 Å². The minimum atomic E-state index is 0.254. The van der Waals surface area contributed by atoms with Gasteiger partial charge < -0.3 is 4.74 Å². The molecule has 0 saturated heterocycles. The third-order valence-corrected chi connectivity index (χ3v) is 5.00. The van der Waals surface area contributed by atoms with Crippen LogP contribution in [0, 0.1) is 12.8 Å². The van der Waals surface area contributed by atoms with E-state index in [-0.39, 0.29) is 6.10 Å². The fraction of sp³-hybridized carbons (Fsp3) is 0.650. The number of rotatable bonds is 2. The van der Waals surface area contributed by atoms with E-state index in [1.165, 1.54) is 22.3 Å². The van der Waals surface area contributed by atoms with Crippen LogP contribution in [0.1, 0.15) is 89.1 Å². The van der Waals surface area contributed by atoms with Crippen LogP contribution in [0.5, 0.6) is 0 Å². The molecule has 1 aliphatic rings. The molecule has 0 saturated carbocycles. The Morgan fingerprint density at radius 1 is 1.14 bits per heavy atom. The molecule has 1 aromatic heterocycles. The van der Waals surface area contributed by atoms with E-state index in [4.69, 9.17) is 9.72 Å². The van der Waals surface area contributed by atoms with Gasteiger partial charge in [0.25, 0.3) is 0 Å². The highest BCUT2D eigenvalue weighted by Crippen LogP contribution is 2.42. The molecular weight excluding hydrogens is 270 g/mol. The van der Waals surface area contributed by atoms with Crippen molar-refractivity contribution in [3.05, 3.63) is 34.3 Å². The van der Waals surface area contributed by atoms with Gasteiger partial charge in [-0.2, -0.15) is 0 Å². The van der Waals surface area contributed by atoms with Crippen LogP contribution in [0.4, 0.5) is 0 Å². The Morgan fingerprint density at radius 2 is 1.77 bits per heavy atom. The Hall–Kier alpha value is -1.31. The zero-order chi connectivity index (χ0) is 16.6. The summed E-state index contributed by atoms with van der Waals surface area (Å²) in [5, 5.41) is 0. The molecule has 0 fully saturated rings. The molecule has 0 aromatic carbocycles. The van der Waals surface area contributed by atoms with Gasteiger partial charge in [0.05, 0.1) is 11.9 Å². The predicted octanol–water partition coefficient (Wildman–Crippen LogP) is 5.81. The molecule has 0 bridgehead atoms. The molecule has 2 rings (SSSR count). The fourth-order valence-electron chi connectivity index (χ4n) is 3.67. The Kier molecular flexibility index (Phi) is 4.99. The third-order valence-electron chi connectivity index (χ3n) is 5.00. The van der Waals surface area contributed by atoms with Gasteiger partial charge in [0.15, 0.2) is 0 Å². The quantitative estimate of drug-likeness (QED) is 0.687.